The summed E-state index contributed by atoms with van der Waals surface area (Å²) < 4.78 is 24.4. The molecule has 2 N–H and O–H groups in total. The fraction of sp³-hybridized carbons (Fsp3) is 0.267. The van der Waals surface area contributed by atoms with Crippen LogP contribution >= 0.6 is 15.9 Å². The van der Waals surface area contributed by atoms with Gasteiger partial charge in [-0.1, -0.05) is 12.1 Å². The lowest BCUT2D eigenvalue weighted by Gasteiger charge is -2.37. The first-order valence-electron chi connectivity index (χ1n) is 7.17. The second kappa shape index (κ2) is 6.46. The number of aromatic nitrogens is 1. The van der Waals surface area contributed by atoms with Crippen molar-refractivity contribution in [2.45, 2.75) is 4.90 Å². The van der Waals surface area contributed by atoms with Crippen LogP contribution in [0.2, 0.25) is 0 Å². The highest BCUT2D eigenvalue weighted by Gasteiger charge is 2.22. The van der Waals surface area contributed by atoms with Crippen molar-refractivity contribution in [1.82, 2.24) is 4.98 Å². The minimum atomic E-state index is -3.73. The van der Waals surface area contributed by atoms with Gasteiger partial charge in [-0.2, -0.15) is 0 Å². The zero-order valence-electron chi connectivity index (χ0n) is 12.4. The Bertz CT molecular complexity index is 805. The van der Waals surface area contributed by atoms with Gasteiger partial charge in [0.25, 0.3) is 0 Å². The molecular weight excluding hydrogens is 380 g/mol. The Labute approximate surface area is 144 Å². The van der Waals surface area contributed by atoms with Crippen LogP contribution in [-0.4, -0.2) is 39.6 Å². The molecule has 2 heterocycles. The van der Waals surface area contributed by atoms with Crippen molar-refractivity contribution in [3.8, 4) is 0 Å². The predicted octanol–water partition coefficient (Wildman–Crippen LogP) is 1.82. The smallest absolute Gasteiger partial charge is 0.240 e. The molecule has 1 aliphatic heterocycles. The van der Waals surface area contributed by atoms with Crippen LogP contribution in [0.5, 0.6) is 0 Å². The molecule has 0 aliphatic carbocycles. The lowest BCUT2D eigenvalue weighted by molar-refractivity contribution is 0.595. The maximum Gasteiger partial charge on any atom is 0.240 e. The highest BCUT2D eigenvalue weighted by molar-refractivity contribution is 9.10. The molecule has 1 aromatic carbocycles. The number of anilines is 2. The zero-order valence-corrected chi connectivity index (χ0v) is 14.8. The number of hydrogen-bond acceptors (Lipinski definition) is 5. The first-order valence-corrected chi connectivity index (χ1v) is 9.51. The van der Waals surface area contributed by atoms with Gasteiger partial charge in [0.15, 0.2) is 0 Å². The standard InChI is InChI=1S/C15H17BrN4O2S/c16-12-9-13(11-18-10-12)19-5-7-20(8-6-19)14-3-1-2-4-15(14)23(17,21)22/h1-4,9-11H,5-8H2,(H2,17,21,22). The van der Waals surface area contributed by atoms with Crippen LogP contribution < -0.4 is 14.9 Å². The van der Waals surface area contributed by atoms with E-state index < -0.39 is 10.0 Å². The summed E-state index contributed by atoms with van der Waals surface area (Å²) in [5.41, 5.74) is 1.72. The van der Waals surface area contributed by atoms with Crippen molar-refractivity contribution in [1.29, 1.82) is 0 Å². The number of nitrogens with zero attached hydrogens (tertiary/aromatic N) is 3. The van der Waals surface area contributed by atoms with E-state index in [2.05, 4.69) is 30.7 Å². The number of halogens is 1. The number of pyridine rings is 1. The van der Waals surface area contributed by atoms with E-state index in [0.29, 0.717) is 5.69 Å². The van der Waals surface area contributed by atoms with E-state index >= 15 is 0 Å². The largest absolute Gasteiger partial charge is 0.367 e. The average molecular weight is 397 g/mol. The Morgan fingerprint density at radius 3 is 2.35 bits per heavy atom. The number of piperazine rings is 1. The van der Waals surface area contributed by atoms with E-state index in [-0.39, 0.29) is 4.90 Å². The topological polar surface area (TPSA) is 79.5 Å². The molecule has 0 unspecified atom stereocenters. The normalized spacial score (nSPS) is 15.7. The fourth-order valence-corrected chi connectivity index (χ4v) is 3.85. The van der Waals surface area contributed by atoms with E-state index in [1.165, 1.54) is 0 Å². The van der Waals surface area contributed by atoms with E-state index in [1.807, 2.05) is 18.3 Å². The third-order valence-corrected chi connectivity index (χ3v) is 5.24. The predicted molar refractivity (Wildman–Crippen MR) is 94.2 cm³/mol. The molecule has 2 aromatic rings. The fourth-order valence-electron chi connectivity index (χ4n) is 2.74. The molecule has 122 valence electrons. The highest BCUT2D eigenvalue weighted by atomic mass is 79.9. The number of benzene rings is 1. The third-order valence-electron chi connectivity index (χ3n) is 3.85. The maximum atomic E-state index is 11.7. The quantitative estimate of drug-likeness (QED) is 0.855. The molecule has 1 saturated heterocycles. The van der Waals surface area contributed by atoms with E-state index in [9.17, 15) is 8.42 Å². The van der Waals surface area contributed by atoms with Gasteiger partial charge in [-0.15, -0.1) is 0 Å². The van der Waals surface area contributed by atoms with Gasteiger partial charge in [-0.05, 0) is 34.1 Å². The van der Waals surface area contributed by atoms with Crippen LogP contribution in [0.4, 0.5) is 11.4 Å². The second-order valence-corrected chi connectivity index (χ2v) is 7.79. The van der Waals surface area contributed by atoms with Crippen molar-refractivity contribution < 1.29 is 8.42 Å². The lowest BCUT2D eigenvalue weighted by Crippen LogP contribution is -2.47. The van der Waals surface area contributed by atoms with Crippen molar-refractivity contribution in [3.63, 3.8) is 0 Å². The summed E-state index contributed by atoms with van der Waals surface area (Å²) in [4.78, 5) is 8.65. The number of sulfonamides is 1. The van der Waals surface area contributed by atoms with E-state index in [0.717, 1.165) is 36.3 Å². The molecule has 6 nitrogen and oxygen atoms in total. The van der Waals surface area contributed by atoms with Crippen LogP contribution in [0.3, 0.4) is 0 Å². The first kappa shape index (κ1) is 16.2. The first-order chi connectivity index (χ1) is 10.9. The molecule has 0 amide bonds. The molecule has 1 fully saturated rings. The van der Waals surface area contributed by atoms with Crippen LogP contribution in [0, 0.1) is 0 Å². The Morgan fingerprint density at radius 1 is 1.04 bits per heavy atom. The third kappa shape index (κ3) is 3.65. The van der Waals surface area contributed by atoms with Gasteiger partial charge in [0.1, 0.15) is 4.90 Å². The minimum Gasteiger partial charge on any atom is -0.367 e. The van der Waals surface area contributed by atoms with Gasteiger partial charge in [-0.25, -0.2) is 13.6 Å². The van der Waals surface area contributed by atoms with Gasteiger partial charge >= 0.3 is 0 Å². The SMILES string of the molecule is NS(=O)(=O)c1ccccc1N1CCN(c2cncc(Br)c2)CC1. The zero-order chi connectivity index (χ0) is 16.4. The molecule has 0 spiro atoms. The summed E-state index contributed by atoms with van der Waals surface area (Å²) >= 11 is 3.43. The maximum absolute atomic E-state index is 11.7. The number of primary sulfonamides is 1. The van der Waals surface area contributed by atoms with E-state index in [4.69, 9.17) is 5.14 Å². The molecule has 1 aliphatic rings. The Morgan fingerprint density at radius 2 is 1.70 bits per heavy atom. The average Bonchev–Trinajstić information content (AvgIpc) is 2.54. The molecule has 3 rings (SSSR count). The van der Waals surface area contributed by atoms with E-state index in [1.54, 1.807) is 24.4 Å². The molecular formula is C15H17BrN4O2S. The Hall–Kier alpha value is -1.64. The molecule has 23 heavy (non-hydrogen) atoms. The molecule has 0 radical (unpaired) electrons. The second-order valence-electron chi connectivity index (χ2n) is 5.35. The summed E-state index contributed by atoms with van der Waals surface area (Å²) in [6, 6.07) is 8.90. The van der Waals surface area contributed by atoms with Crippen LogP contribution in [0.25, 0.3) is 0 Å². The lowest BCUT2D eigenvalue weighted by atomic mass is 10.2. The van der Waals surface area contributed by atoms with Crippen LogP contribution in [0.15, 0.2) is 52.1 Å². The molecule has 0 atom stereocenters. The van der Waals surface area contributed by atoms with Crippen molar-refractivity contribution in [2.75, 3.05) is 36.0 Å². The molecule has 0 bridgehead atoms. The van der Waals surface area contributed by atoms with Crippen molar-refractivity contribution >= 4 is 37.3 Å². The summed E-state index contributed by atoms with van der Waals surface area (Å²) in [5, 5.41) is 5.32. The summed E-state index contributed by atoms with van der Waals surface area (Å²) in [7, 11) is -3.73. The number of nitrogens with two attached hydrogens (primary N) is 1. The summed E-state index contributed by atoms with van der Waals surface area (Å²) in [6.07, 6.45) is 3.58. The Kier molecular flexibility index (Phi) is 4.56. The van der Waals surface area contributed by atoms with Gasteiger partial charge in [0.05, 0.1) is 17.6 Å². The number of rotatable bonds is 3. The van der Waals surface area contributed by atoms with Gasteiger partial charge in [0, 0.05) is 36.8 Å². The van der Waals surface area contributed by atoms with Crippen LogP contribution in [-0.2, 0) is 10.0 Å². The van der Waals surface area contributed by atoms with Crippen molar-refractivity contribution in [2.24, 2.45) is 5.14 Å². The highest BCUT2D eigenvalue weighted by Crippen LogP contribution is 2.26. The monoisotopic (exact) mass is 396 g/mol. The van der Waals surface area contributed by atoms with Gasteiger partial charge in [-0.3, -0.25) is 4.98 Å². The molecule has 0 saturated carbocycles. The minimum absolute atomic E-state index is 0.178. The molecule has 8 heteroatoms. The van der Waals surface area contributed by atoms with Crippen molar-refractivity contribution in [3.05, 3.63) is 47.2 Å². The summed E-state index contributed by atoms with van der Waals surface area (Å²) in [6.45, 7) is 3.02. The van der Waals surface area contributed by atoms with Crippen LogP contribution in [0.1, 0.15) is 0 Å². The molecule has 1 aromatic heterocycles. The van der Waals surface area contributed by atoms with Gasteiger partial charge < -0.3 is 9.80 Å². The summed E-state index contributed by atoms with van der Waals surface area (Å²) in [5.74, 6) is 0. The van der Waals surface area contributed by atoms with Gasteiger partial charge in [0.2, 0.25) is 10.0 Å². The number of para-hydroxylation sites is 1. The Balaban J connectivity index is 1.78. The number of hydrogen-bond donors (Lipinski definition) is 1.